The van der Waals surface area contributed by atoms with Gasteiger partial charge in [0, 0.05) is 19.6 Å². The van der Waals surface area contributed by atoms with Gasteiger partial charge in [-0.2, -0.15) is 5.10 Å². The third-order valence-corrected chi connectivity index (χ3v) is 4.14. The zero-order valence-electron chi connectivity index (χ0n) is 12.1. The Balaban J connectivity index is 2.73. The van der Waals surface area contributed by atoms with Crippen molar-refractivity contribution in [1.82, 2.24) is 15.1 Å². The number of aryl methyl sites for hydroxylation is 2. The number of aromatic nitrogens is 2. The van der Waals surface area contributed by atoms with E-state index in [-0.39, 0.29) is 5.91 Å². The average Bonchev–Trinajstić information content (AvgIpc) is 2.66. The Labute approximate surface area is 123 Å². The molecule has 6 heteroatoms. The van der Waals surface area contributed by atoms with E-state index < -0.39 is 5.41 Å². The minimum atomic E-state index is -0.545. The molecule has 1 aromatic heterocycles. The molecule has 108 valence electrons. The smallest absolute Gasteiger partial charge is 0.224 e. The lowest BCUT2D eigenvalue weighted by molar-refractivity contribution is -0.125. The van der Waals surface area contributed by atoms with Gasteiger partial charge in [-0.15, -0.1) is 0 Å². The van der Waals surface area contributed by atoms with Gasteiger partial charge in [-0.1, -0.05) is 6.92 Å². The van der Waals surface area contributed by atoms with Crippen LogP contribution in [0.15, 0.2) is 4.47 Å². The van der Waals surface area contributed by atoms with E-state index in [4.69, 9.17) is 5.73 Å². The minimum Gasteiger partial charge on any atom is -0.369 e. The molecular formula is C13H23BrN4O. The van der Waals surface area contributed by atoms with E-state index in [9.17, 15) is 4.79 Å². The summed E-state index contributed by atoms with van der Waals surface area (Å²) in [5.41, 5.74) is 6.98. The number of nitrogens with two attached hydrogens (primary N) is 1. The van der Waals surface area contributed by atoms with Gasteiger partial charge in [0.1, 0.15) is 0 Å². The SMILES string of the molecule is CCc1nn(CC)c(CNCC(C)(C)C(N)=O)c1Br. The fraction of sp³-hybridized carbons (Fsp3) is 0.692. The maximum Gasteiger partial charge on any atom is 0.224 e. The fourth-order valence-corrected chi connectivity index (χ4v) is 2.47. The van der Waals surface area contributed by atoms with Gasteiger partial charge in [-0.25, -0.2) is 0 Å². The molecular weight excluding hydrogens is 308 g/mol. The number of carbonyl (C=O) groups excluding carboxylic acids is 1. The van der Waals surface area contributed by atoms with E-state index in [1.54, 1.807) is 0 Å². The summed E-state index contributed by atoms with van der Waals surface area (Å²) in [4.78, 5) is 11.3. The molecule has 0 atom stereocenters. The summed E-state index contributed by atoms with van der Waals surface area (Å²) in [6.45, 7) is 9.87. The molecule has 0 aliphatic heterocycles. The summed E-state index contributed by atoms with van der Waals surface area (Å²) in [6.07, 6.45) is 0.896. The first kappa shape index (κ1) is 16.2. The lowest BCUT2D eigenvalue weighted by atomic mass is 9.93. The molecule has 0 aliphatic carbocycles. The molecule has 1 rings (SSSR count). The average molecular weight is 331 g/mol. The van der Waals surface area contributed by atoms with Crippen LogP contribution in [0.2, 0.25) is 0 Å². The second-order valence-electron chi connectivity index (χ2n) is 5.23. The van der Waals surface area contributed by atoms with Gasteiger partial charge in [-0.05, 0) is 43.1 Å². The van der Waals surface area contributed by atoms with Crippen LogP contribution in [0.5, 0.6) is 0 Å². The maximum absolute atomic E-state index is 11.3. The van der Waals surface area contributed by atoms with Crippen molar-refractivity contribution in [2.45, 2.75) is 47.2 Å². The minimum absolute atomic E-state index is 0.294. The second-order valence-corrected chi connectivity index (χ2v) is 6.02. The number of hydrogen-bond acceptors (Lipinski definition) is 3. The molecule has 3 N–H and O–H groups in total. The van der Waals surface area contributed by atoms with Gasteiger partial charge < -0.3 is 11.1 Å². The van der Waals surface area contributed by atoms with E-state index in [2.05, 4.69) is 40.2 Å². The van der Waals surface area contributed by atoms with Crippen LogP contribution >= 0.6 is 15.9 Å². The largest absolute Gasteiger partial charge is 0.369 e. The van der Waals surface area contributed by atoms with Crippen molar-refractivity contribution < 1.29 is 4.79 Å². The Kier molecular flexibility index (Phi) is 5.55. The van der Waals surface area contributed by atoms with Crippen molar-refractivity contribution in [3.8, 4) is 0 Å². The van der Waals surface area contributed by atoms with Crippen LogP contribution in [0.1, 0.15) is 39.1 Å². The van der Waals surface area contributed by atoms with Gasteiger partial charge in [0.2, 0.25) is 5.91 Å². The third kappa shape index (κ3) is 3.79. The normalized spacial score (nSPS) is 11.8. The van der Waals surface area contributed by atoms with Crippen molar-refractivity contribution in [2.24, 2.45) is 11.1 Å². The van der Waals surface area contributed by atoms with Crippen molar-refractivity contribution in [3.63, 3.8) is 0 Å². The summed E-state index contributed by atoms with van der Waals surface area (Å²) < 4.78 is 3.04. The van der Waals surface area contributed by atoms with Crippen molar-refractivity contribution in [3.05, 3.63) is 15.9 Å². The molecule has 0 bridgehead atoms. The van der Waals surface area contributed by atoms with Gasteiger partial charge in [-0.3, -0.25) is 9.48 Å². The first-order valence-electron chi connectivity index (χ1n) is 6.58. The first-order valence-corrected chi connectivity index (χ1v) is 7.37. The molecule has 0 saturated heterocycles. The van der Waals surface area contributed by atoms with Gasteiger partial charge in [0.15, 0.2) is 0 Å². The molecule has 1 heterocycles. The Morgan fingerprint density at radius 3 is 2.58 bits per heavy atom. The van der Waals surface area contributed by atoms with Crippen LogP contribution in [0.25, 0.3) is 0 Å². The third-order valence-electron chi connectivity index (χ3n) is 3.22. The zero-order chi connectivity index (χ0) is 14.6. The number of rotatable bonds is 7. The summed E-state index contributed by atoms with van der Waals surface area (Å²) in [6, 6.07) is 0. The number of amides is 1. The molecule has 19 heavy (non-hydrogen) atoms. The number of carbonyl (C=O) groups is 1. The lowest BCUT2D eigenvalue weighted by Gasteiger charge is -2.21. The molecule has 0 aromatic carbocycles. The van der Waals surface area contributed by atoms with Crippen LogP contribution in [-0.4, -0.2) is 22.2 Å². The second kappa shape index (κ2) is 6.52. The first-order chi connectivity index (χ1) is 8.83. The highest BCUT2D eigenvalue weighted by molar-refractivity contribution is 9.10. The fourth-order valence-electron chi connectivity index (χ4n) is 1.77. The Hall–Kier alpha value is -0.880. The monoisotopic (exact) mass is 330 g/mol. The van der Waals surface area contributed by atoms with Gasteiger partial charge in [0.25, 0.3) is 0 Å². The van der Waals surface area contributed by atoms with Crippen LogP contribution in [0, 0.1) is 5.41 Å². The van der Waals surface area contributed by atoms with E-state index in [0.717, 1.165) is 28.8 Å². The molecule has 0 aliphatic rings. The summed E-state index contributed by atoms with van der Waals surface area (Å²) >= 11 is 3.60. The summed E-state index contributed by atoms with van der Waals surface area (Å²) in [5.74, 6) is -0.294. The topological polar surface area (TPSA) is 72.9 Å². The molecule has 1 aromatic rings. The van der Waals surface area contributed by atoms with Crippen molar-refractivity contribution in [2.75, 3.05) is 6.54 Å². The molecule has 0 spiro atoms. The van der Waals surface area contributed by atoms with Crippen LogP contribution in [0.4, 0.5) is 0 Å². The van der Waals surface area contributed by atoms with Crippen LogP contribution in [-0.2, 0) is 24.3 Å². The summed E-state index contributed by atoms with van der Waals surface area (Å²) in [7, 11) is 0. The quantitative estimate of drug-likeness (QED) is 0.801. The molecule has 0 unspecified atom stereocenters. The predicted octanol–water partition coefficient (Wildman–Crippen LogP) is 1.83. The van der Waals surface area contributed by atoms with Gasteiger partial charge in [0.05, 0.1) is 21.3 Å². The highest BCUT2D eigenvalue weighted by atomic mass is 79.9. The predicted molar refractivity (Wildman–Crippen MR) is 79.7 cm³/mol. The Bertz CT molecular complexity index is 454. The molecule has 0 fully saturated rings. The van der Waals surface area contributed by atoms with Crippen molar-refractivity contribution in [1.29, 1.82) is 0 Å². The van der Waals surface area contributed by atoms with E-state index >= 15 is 0 Å². The molecule has 0 saturated carbocycles. The number of nitrogens with zero attached hydrogens (tertiary/aromatic N) is 2. The van der Waals surface area contributed by atoms with E-state index in [0.29, 0.717) is 13.1 Å². The highest BCUT2D eigenvalue weighted by Gasteiger charge is 2.24. The molecule has 5 nitrogen and oxygen atoms in total. The molecule has 0 radical (unpaired) electrons. The van der Waals surface area contributed by atoms with Crippen LogP contribution in [0.3, 0.4) is 0 Å². The number of halogens is 1. The zero-order valence-corrected chi connectivity index (χ0v) is 13.7. The van der Waals surface area contributed by atoms with E-state index in [1.165, 1.54) is 0 Å². The molecule has 1 amide bonds. The van der Waals surface area contributed by atoms with Crippen LogP contribution < -0.4 is 11.1 Å². The lowest BCUT2D eigenvalue weighted by Crippen LogP contribution is -2.40. The standard InChI is InChI=1S/C13H23BrN4O/c1-5-9-11(14)10(18(6-2)17-9)7-16-8-13(3,4)12(15)19/h16H,5-8H2,1-4H3,(H2,15,19). The number of primary amides is 1. The number of hydrogen-bond donors (Lipinski definition) is 2. The summed E-state index contributed by atoms with van der Waals surface area (Å²) in [5, 5.41) is 7.82. The van der Waals surface area contributed by atoms with E-state index in [1.807, 2.05) is 18.5 Å². The maximum atomic E-state index is 11.3. The van der Waals surface area contributed by atoms with Gasteiger partial charge >= 0.3 is 0 Å². The Morgan fingerprint density at radius 2 is 2.11 bits per heavy atom. The van der Waals surface area contributed by atoms with Crippen molar-refractivity contribution >= 4 is 21.8 Å². The number of nitrogens with one attached hydrogen (secondary N) is 1. The Morgan fingerprint density at radius 1 is 1.47 bits per heavy atom. The highest BCUT2D eigenvalue weighted by Crippen LogP contribution is 2.22.